The lowest BCUT2D eigenvalue weighted by Gasteiger charge is -2.31. The topological polar surface area (TPSA) is 66.8 Å². The first-order valence-electron chi connectivity index (χ1n) is 11.1. The van der Waals surface area contributed by atoms with Gasteiger partial charge in [0.2, 0.25) is 0 Å². The first kappa shape index (κ1) is 22.4. The molecule has 6 heteroatoms. The van der Waals surface area contributed by atoms with Crippen molar-refractivity contribution in [2.45, 2.75) is 57.5 Å². The molecular weight excluding hydrogens is 426 g/mol. The molecule has 1 aliphatic carbocycles. The largest absolute Gasteiger partial charge is 0.507 e. The summed E-state index contributed by atoms with van der Waals surface area (Å²) in [7, 11) is 1.51. The summed E-state index contributed by atoms with van der Waals surface area (Å²) in [6.07, 6.45) is 3.78. The summed E-state index contributed by atoms with van der Waals surface area (Å²) in [5.41, 5.74) is 2.49. The van der Waals surface area contributed by atoms with Gasteiger partial charge in [-0.3, -0.25) is 9.59 Å². The maximum Gasteiger partial charge on any atom is 0.295 e. The second kappa shape index (κ2) is 8.99. The van der Waals surface area contributed by atoms with Gasteiger partial charge in [0.1, 0.15) is 11.5 Å². The van der Waals surface area contributed by atoms with Crippen molar-refractivity contribution in [3.05, 3.63) is 69.8 Å². The van der Waals surface area contributed by atoms with E-state index in [4.69, 9.17) is 16.3 Å². The summed E-state index contributed by atoms with van der Waals surface area (Å²) < 4.78 is 5.19. The molecule has 5 nitrogen and oxygen atoms in total. The van der Waals surface area contributed by atoms with E-state index in [-0.39, 0.29) is 17.4 Å². The molecule has 1 unspecified atom stereocenters. The second-order valence-corrected chi connectivity index (χ2v) is 9.22. The number of carbonyl (C=O) groups excluding carboxylic acids is 2. The number of hydrogen-bond acceptors (Lipinski definition) is 4. The number of Topliss-reactive ketones (excluding diaryl/α,β-unsaturated/α-hetero) is 1. The number of ether oxygens (including phenoxy) is 1. The Morgan fingerprint density at radius 3 is 2.31 bits per heavy atom. The first-order chi connectivity index (χ1) is 15.3. The highest BCUT2D eigenvalue weighted by Gasteiger charge is 2.49. The Kier molecular flexibility index (Phi) is 6.29. The minimum absolute atomic E-state index is 0.00835. The van der Waals surface area contributed by atoms with Crippen LogP contribution in [-0.2, 0) is 9.59 Å². The van der Waals surface area contributed by atoms with Gasteiger partial charge in [-0.2, -0.15) is 0 Å². The molecule has 1 saturated carbocycles. The van der Waals surface area contributed by atoms with Crippen molar-refractivity contribution in [2.75, 3.05) is 7.11 Å². The lowest BCUT2D eigenvalue weighted by Crippen LogP contribution is -2.37. The average Bonchev–Trinajstić information content (AvgIpc) is 3.40. The standard InChI is InChI=1S/C26H28ClNO4/c1-15(2)16-8-10-17(11-9-16)23-22(24(29)18-12-13-21(32-3)20(27)14-18)25(30)26(31)28(23)19-6-4-5-7-19/h8-15,19,23,29H,4-7H2,1-3H3/b24-22-. The summed E-state index contributed by atoms with van der Waals surface area (Å²) in [5.74, 6) is -0.580. The summed E-state index contributed by atoms with van der Waals surface area (Å²) >= 11 is 6.26. The van der Waals surface area contributed by atoms with E-state index >= 15 is 0 Å². The van der Waals surface area contributed by atoms with Crippen LogP contribution in [0.2, 0.25) is 5.02 Å². The highest BCUT2D eigenvalue weighted by molar-refractivity contribution is 6.46. The Hall–Kier alpha value is -2.79. The maximum absolute atomic E-state index is 13.2. The third-order valence-electron chi connectivity index (χ3n) is 6.54. The number of rotatable bonds is 5. The molecular formula is C26H28ClNO4. The highest BCUT2D eigenvalue weighted by atomic mass is 35.5. The summed E-state index contributed by atoms with van der Waals surface area (Å²) in [6, 6.07) is 12.2. The van der Waals surface area contributed by atoms with Gasteiger partial charge in [-0.25, -0.2) is 0 Å². The van der Waals surface area contributed by atoms with Crippen molar-refractivity contribution < 1.29 is 19.4 Å². The fourth-order valence-corrected chi connectivity index (χ4v) is 5.03. The Balaban J connectivity index is 1.86. The Bertz CT molecular complexity index is 1070. The van der Waals surface area contributed by atoms with Gasteiger partial charge in [0.15, 0.2) is 0 Å². The van der Waals surface area contributed by atoms with Gasteiger partial charge in [0.25, 0.3) is 11.7 Å². The van der Waals surface area contributed by atoms with E-state index in [1.807, 2.05) is 24.3 Å². The average molecular weight is 454 g/mol. The molecule has 2 aliphatic rings. The predicted octanol–water partition coefficient (Wildman–Crippen LogP) is 5.84. The van der Waals surface area contributed by atoms with Crippen molar-refractivity contribution in [3.8, 4) is 5.75 Å². The van der Waals surface area contributed by atoms with Gasteiger partial charge in [0.05, 0.1) is 23.7 Å². The van der Waals surface area contributed by atoms with Gasteiger partial charge in [-0.05, 0) is 48.1 Å². The molecule has 0 radical (unpaired) electrons. The minimum atomic E-state index is -0.653. The van der Waals surface area contributed by atoms with Crippen LogP contribution in [-0.4, -0.2) is 34.8 Å². The number of methoxy groups -OCH3 is 1. The van der Waals surface area contributed by atoms with Crippen LogP contribution in [0.3, 0.4) is 0 Å². The smallest absolute Gasteiger partial charge is 0.295 e. The molecule has 1 amide bonds. The Morgan fingerprint density at radius 2 is 1.75 bits per heavy atom. The van der Waals surface area contributed by atoms with Crippen LogP contribution in [0, 0.1) is 0 Å². The lowest BCUT2D eigenvalue weighted by atomic mass is 9.92. The number of likely N-dealkylation sites (tertiary alicyclic amines) is 1. The number of benzene rings is 2. The second-order valence-electron chi connectivity index (χ2n) is 8.82. The van der Waals surface area contributed by atoms with Gasteiger partial charge in [-0.1, -0.05) is 62.6 Å². The van der Waals surface area contributed by atoms with Crippen molar-refractivity contribution >= 4 is 29.1 Å². The van der Waals surface area contributed by atoms with Crippen molar-refractivity contribution in [3.63, 3.8) is 0 Å². The number of hydrogen-bond donors (Lipinski definition) is 1. The van der Waals surface area contributed by atoms with E-state index in [1.165, 1.54) is 12.7 Å². The van der Waals surface area contributed by atoms with Crippen molar-refractivity contribution in [1.82, 2.24) is 4.90 Å². The maximum atomic E-state index is 13.2. The fraction of sp³-hybridized carbons (Fsp3) is 0.385. The molecule has 0 spiro atoms. The van der Waals surface area contributed by atoms with Gasteiger partial charge >= 0.3 is 0 Å². The molecule has 32 heavy (non-hydrogen) atoms. The van der Waals surface area contributed by atoms with Crippen LogP contribution in [0.15, 0.2) is 48.0 Å². The molecule has 2 fully saturated rings. The minimum Gasteiger partial charge on any atom is -0.507 e. The van der Waals surface area contributed by atoms with Crippen LogP contribution in [0.1, 0.15) is 68.2 Å². The molecule has 4 rings (SSSR count). The molecule has 2 aromatic carbocycles. The van der Waals surface area contributed by atoms with Crippen LogP contribution >= 0.6 is 11.6 Å². The summed E-state index contributed by atoms with van der Waals surface area (Å²) in [6.45, 7) is 4.24. The molecule has 0 bridgehead atoms. The molecule has 2 aromatic rings. The van der Waals surface area contributed by atoms with Crippen LogP contribution < -0.4 is 4.74 Å². The predicted molar refractivity (Wildman–Crippen MR) is 125 cm³/mol. The monoisotopic (exact) mass is 453 g/mol. The van der Waals surface area contributed by atoms with E-state index in [0.29, 0.717) is 22.3 Å². The van der Waals surface area contributed by atoms with Gasteiger partial charge in [-0.15, -0.1) is 0 Å². The molecule has 1 atom stereocenters. The number of nitrogens with zero attached hydrogens (tertiary/aromatic N) is 1. The third kappa shape index (κ3) is 3.90. The number of aliphatic hydroxyl groups is 1. The van der Waals surface area contributed by atoms with E-state index in [9.17, 15) is 14.7 Å². The highest BCUT2D eigenvalue weighted by Crippen LogP contribution is 2.44. The van der Waals surface area contributed by atoms with E-state index in [2.05, 4.69) is 13.8 Å². The normalized spacial score (nSPS) is 21.0. The molecule has 1 N–H and O–H groups in total. The van der Waals surface area contributed by atoms with Crippen molar-refractivity contribution in [1.29, 1.82) is 0 Å². The van der Waals surface area contributed by atoms with Gasteiger partial charge in [0, 0.05) is 11.6 Å². The number of ketones is 1. The lowest BCUT2D eigenvalue weighted by molar-refractivity contribution is -0.141. The van der Waals surface area contributed by atoms with Crippen LogP contribution in [0.25, 0.3) is 5.76 Å². The summed E-state index contributed by atoms with van der Waals surface area (Å²) in [4.78, 5) is 28.0. The van der Waals surface area contributed by atoms with E-state index in [0.717, 1.165) is 31.2 Å². The van der Waals surface area contributed by atoms with Crippen LogP contribution in [0.5, 0.6) is 5.75 Å². The fourth-order valence-electron chi connectivity index (χ4n) is 4.77. The van der Waals surface area contributed by atoms with Crippen LogP contribution in [0.4, 0.5) is 0 Å². The SMILES string of the molecule is COc1ccc(/C(O)=C2/C(=O)C(=O)N(C3CCCC3)C2c2ccc(C(C)C)cc2)cc1Cl. The number of amides is 1. The zero-order chi connectivity index (χ0) is 23.0. The van der Waals surface area contributed by atoms with E-state index < -0.39 is 17.7 Å². The molecule has 1 heterocycles. The molecule has 168 valence electrons. The third-order valence-corrected chi connectivity index (χ3v) is 6.84. The molecule has 1 saturated heterocycles. The number of halogens is 1. The van der Waals surface area contributed by atoms with Crippen molar-refractivity contribution in [2.24, 2.45) is 0 Å². The molecule has 1 aliphatic heterocycles. The number of aliphatic hydroxyl groups excluding tert-OH is 1. The molecule has 0 aromatic heterocycles. The quantitative estimate of drug-likeness (QED) is 0.351. The first-order valence-corrected chi connectivity index (χ1v) is 11.4. The zero-order valence-electron chi connectivity index (χ0n) is 18.6. The van der Waals surface area contributed by atoms with Gasteiger partial charge < -0.3 is 14.7 Å². The summed E-state index contributed by atoms with van der Waals surface area (Å²) in [5, 5.41) is 11.5. The Labute approximate surface area is 193 Å². The zero-order valence-corrected chi connectivity index (χ0v) is 19.4. The van der Waals surface area contributed by atoms with E-state index in [1.54, 1.807) is 23.1 Å². The Morgan fingerprint density at radius 1 is 1.09 bits per heavy atom. The number of carbonyl (C=O) groups is 2.